The topological polar surface area (TPSA) is 130 Å². The van der Waals surface area contributed by atoms with E-state index in [0.717, 1.165) is 72.6 Å². The maximum Gasteiger partial charge on any atom is 0.243 e. The number of carbonyl (C=O) groups excluding carboxylic acids is 2. The molecule has 44 heavy (non-hydrogen) atoms. The quantitative estimate of drug-likeness (QED) is 0.181. The van der Waals surface area contributed by atoms with E-state index in [1.165, 1.54) is 0 Å². The molecule has 2 fully saturated rings. The number of aliphatic hydroxyl groups excluding tert-OH is 1. The molecular weight excluding hydrogens is 562 g/mol. The van der Waals surface area contributed by atoms with Crippen molar-refractivity contribution in [3.63, 3.8) is 0 Å². The van der Waals surface area contributed by atoms with Crippen molar-refractivity contribution in [2.45, 2.75) is 57.3 Å². The predicted molar refractivity (Wildman–Crippen MR) is 163 cm³/mol. The molecule has 10 heteroatoms. The van der Waals surface area contributed by atoms with Gasteiger partial charge in [-0.25, -0.2) is 5.48 Å². The Kier molecular flexibility index (Phi) is 11.5. The summed E-state index contributed by atoms with van der Waals surface area (Å²) in [7, 11) is 0. The predicted octanol–water partition coefficient (Wildman–Crippen LogP) is 4.02. The van der Waals surface area contributed by atoms with Crippen molar-refractivity contribution in [1.82, 2.24) is 15.7 Å². The second kappa shape index (κ2) is 15.9. The first-order chi connectivity index (χ1) is 21.5. The van der Waals surface area contributed by atoms with Crippen molar-refractivity contribution >= 4 is 11.8 Å². The van der Waals surface area contributed by atoms with Crippen LogP contribution in [0.3, 0.4) is 0 Å². The molecule has 0 bridgehead atoms. The smallest absolute Gasteiger partial charge is 0.243 e. The van der Waals surface area contributed by atoms with E-state index in [9.17, 15) is 14.7 Å². The van der Waals surface area contributed by atoms with Crippen LogP contribution in [-0.4, -0.2) is 66.0 Å². The zero-order chi connectivity index (χ0) is 30.7. The van der Waals surface area contributed by atoms with Crippen molar-refractivity contribution in [2.75, 3.05) is 32.8 Å². The third kappa shape index (κ3) is 8.95. The maximum absolute atomic E-state index is 12.2. The van der Waals surface area contributed by atoms with Crippen LogP contribution < -0.4 is 10.8 Å². The van der Waals surface area contributed by atoms with E-state index in [1.807, 2.05) is 60.7 Å². The summed E-state index contributed by atoms with van der Waals surface area (Å²) in [6, 6.07) is 24.1. The van der Waals surface area contributed by atoms with Gasteiger partial charge in [0, 0.05) is 51.0 Å². The van der Waals surface area contributed by atoms with Crippen LogP contribution in [0.1, 0.15) is 60.3 Å². The lowest BCUT2D eigenvalue weighted by Crippen LogP contribution is -2.44. The molecule has 0 aromatic heterocycles. The molecule has 3 aromatic rings. The molecule has 3 aromatic carbocycles. The molecule has 2 aliphatic rings. The average molecular weight is 604 g/mol. The molecule has 2 aliphatic heterocycles. The second-order valence-corrected chi connectivity index (χ2v) is 11.3. The minimum absolute atomic E-state index is 0.00669. The van der Waals surface area contributed by atoms with Gasteiger partial charge in [-0.1, -0.05) is 66.7 Å². The molecule has 0 saturated carbocycles. The number of hydrogen-bond donors (Lipinski definition) is 4. The fourth-order valence-electron chi connectivity index (χ4n) is 5.55. The van der Waals surface area contributed by atoms with Crippen molar-refractivity contribution in [3.05, 3.63) is 95.1 Å². The summed E-state index contributed by atoms with van der Waals surface area (Å²) in [5.41, 5.74) is 7.48. The van der Waals surface area contributed by atoms with Crippen LogP contribution >= 0.6 is 0 Å². The minimum atomic E-state index is -0.517. The first kappa shape index (κ1) is 31.8. The molecule has 0 radical (unpaired) electrons. The molecule has 2 heterocycles. The van der Waals surface area contributed by atoms with Gasteiger partial charge in [0.15, 0.2) is 6.29 Å². The Bertz CT molecular complexity index is 1360. The molecule has 3 atom stereocenters. The average Bonchev–Trinajstić information content (AvgIpc) is 3.08. The van der Waals surface area contributed by atoms with Crippen molar-refractivity contribution in [3.8, 4) is 11.1 Å². The van der Waals surface area contributed by atoms with Crippen molar-refractivity contribution < 1.29 is 34.1 Å². The number of amides is 2. The molecule has 10 nitrogen and oxygen atoms in total. The third-order valence-electron chi connectivity index (χ3n) is 8.05. The van der Waals surface area contributed by atoms with E-state index in [2.05, 4.69) is 22.3 Å². The first-order valence-electron chi connectivity index (χ1n) is 15.2. The van der Waals surface area contributed by atoms with Crippen LogP contribution in [0.15, 0.2) is 72.8 Å². The van der Waals surface area contributed by atoms with E-state index >= 15 is 0 Å². The fourth-order valence-corrected chi connectivity index (χ4v) is 5.55. The first-order valence-corrected chi connectivity index (χ1v) is 15.2. The zero-order valence-electron chi connectivity index (χ0n) is 24.8. The Morgan fingerprint density at radius 2 is 1.57 bits per heavy atom. The van der Waals surface area contributed by atoms with E-state index < -0.39 is 12.2 Å². The standard InChI is InChI=1S/C34H41N3O7/c38-23-24-7-9-27(10-8-24)31-20-30(22-37-15-17-42-18-16-37)43-34(44-31)28-13-11-26(12-14-28)29-4-1-3-25(19-29)21-35-32(39)5-2-6-33(40)36-41/h1,3-4,7-14,19,30-31,34,38,41H,2,5-6,15-18,20-23H2,(H,35,39)(H,36,40). The number of nitrogens with one attached hydrogen (secondary N) is 2. The normalized spacial score (nSPS) is 20.6. The number of rotatable bonds is 12. The largest absolute Gasteiger partial charge is 0.392 e. The van der Waals surface area contributed by atoms with Crippen molar-refractivity contribution in [2.24, 2.45) is 0 Å². The number of nitrogens with zero attached hydrogens (tertiary/aromatic N) is 1. The molecule has 2 amide bonds. The monoisotopic (exact) mass is 603 g/mol. The Labute approximate surface area is 257 Å². The van der Waals surface area contributed by atoms with E-state index in [1.54, 1.807) is 5.48 Å². The van der Waals surface area contributed by atoms with Gasteiger partial charge in [-0.05, 0) is 40.3 Å². The summed E-state index contributed by atoms with van der Waals surface area (Å²) in [5, 5.41) is 20.9. The number of aliphatic hydroxyl groups is 1. The van der Waals surface area contributed by atoms with Crippen molar-refractivity contribution in [1.29, 1.82) is 0 Å². The van der Waals surface area contributed by atoms with Gasteiger partial charge in [0.05, 0.1) is 32.0 Å². The lowest BCUT2D eigenvalue weighted by molar-refractivity contribution is -0.253. The third-order valence-corrected chi connectivity index (χ3v) is 8.05. The van der Waals surface area contributed by atoms with Gasteiger partial charge in [-0.2, -0.15) is 0 Å². The Balaban J connectivity index is 1.24. The Hall–Kier alpha value is -3.64. The number of hydroxylamine groups is 1. The molecule has 0 aliphatic carbocycles. The Morgan fingerprint density at radius 3 is 2.30 bits per heavy atom. The SMILES string of the molecule is O=C(CCCC(=O)NCc1cccc(-c2ccc(C3OC(CN4CCOCC4)CC(c4ccc(CO)cc4)O3)cc2)c1)NO. The summed E-state index contributed by atoms with van der Waals surface area (Å²) >= 11 is 0. The molecule has 3 unspecified atom stereocenters. The highest BCUT2D eigenvalue weighted by Crippen LogP contribution is 2.38. The van der Waals surface area contributed by atoms with E-state index in [-0.39, 0.29) is 37.6 Å². The number of benzene rings is 3. The van der Waals surface area contributed by atoms with Gasteiger partial charge in [-0.3, -0.25) is 19.7 Å². The summed E-state index contributed by atoms with van der Waals surface area (Å²) in [4.78, 5) is 25.7. The number of ether oxygens (including phenoxy) is 3. The van der Waals surface area contributed by atoms with Gasteiger partial charge in [0.2, 0.25) is 11.8 Å². The maximum atomic E-state index is 12.2. The molecule has 4 N–H and O–H groups in total. The lowest BCUT2D eigenvalue weighted by atomic mass is 9.99. The number of morpholine rings is 1. The number of hydrogen-bond acceptors (Lipinski definition) is 8. The summed E-state index contributed by atoms with van der Waals surface area (Å²) in [6.07, 6.45) is 0.756. The fraction of sp³-hybridized carbons (Fsp3) is 0.412. The highest BCUT2D eigenvalue weighted by atomic mass is 16.7. The number of carbonyl (C=O) groups is 2. The van der Waals surface area contributed by atoms with Gasteiger partial charge >= 0.3 is 0 Å². The summed E-state index contributed by atoms with van der Waals surface area (Å²) in [6.45, 7) is 4.46. The van der Waals surface area contributed by atoms with Gasteiger partial charge < -0.3 is 24.6 Å². The van der Waals surface area contributed by atoms with Gasteiger partial charge in [0.1, 0.15) is 0 Å². The molecule has 2 saturated heterocycles. The highest BCUT2D eigenvalue weighted by Gasteiger charge is 2.33. The second-order valence-electron chi connectivity index (χ2n) is 11.3. The van der Waals surface area contributed by atoms with Crippen LogP contribution in [0.4, 0.5) is 0 Å². The minimum Gasteiger partial charge on any atom is -0.392 e. The summed E-state index contributed by atoms with van der Waals surface area (Å²) < 4.78 is 18.6. The zero-order valence-corrected chi connectivity index (χ0v) is 24.8. The molecule has 5 rings (SSSR count). The molecule has 234 valence electrons. The van der Waals surface area contributed by atoms with Gasteiger partial charge in [-0.15, -0.1) is 0 Å². The Morgan fingerprint density at radius 1 is 0.841 bits per heavy atom. The van der Waals surface area contributed by atoms with Crippen LogP contribution in [0.2, 0.25) is 0 Å². The van der Waals surface area contributed by atoms with Crippen LogP contribution in [0, 0.1) is 0 Å². The van der Waals surface area contributed by atoms with Crippen LogP contribution in [0.25, 0.3) is 11.1 Å². The van der Waals surface area contributed by atoms with E-state index in [0.29, 0.717) is 13.0 Å². The highest BCUT2D eigenvalue weighted by molar-refractivity contribution is 5.78. The van der Waals surface area contributed by atoms with Gasteiger partial charge in [0.25, 0.3) is 0 Å². The lowest BCUT2D eigenvalue weighted by Gasteiger charge is -2.39. The van der Waals surface area contributed by atoms with Crippen LogP contribution in [-0.2, 0) is 37.0 Å². The van der Waals surface area contributed by atoms with Crippen LogP contribution in [0.5, 0.6) is 0 Å². The molecular formula is C34H41N3O7. The molecule has 0 spiro atoms. The van der Waals surface area contributed by atoms with E-state index in [4.69, 9.17) is 19.4 Å². The summed E-state index contributed by atoms with van der Waals surface area (Å²) in [5.74, 6) is -0.646.